The Morgan fingerprint density at radius 3 is 2.04 bits per heavy atom. The minimum atomic E-state index is -3.35. The van der Waals surface area contributed by atoms with Gasteiger partial charge in [-0.2, -0.15) is 0 Å². The second-order valence-corrected chi connectivity index (χ2v) is 7.75. The third kappa shape index (κ3) is 5.26. The topological polar surface area (TPSA) is 90.9 Å². The van der Waals surface area contributed by atoms with Gasteiger partial charge in [-0.1, -0.05) is 6.08 Å². The third-order valence-corrected chi connectivity index (χ3v) is 5.24. The van der Waals surface area contributed by atoms with E-state index >= 15 is 0 Å². The number of nitrogens with one attached hydrogen (secondary N) is 1. The van der Waals surface area contributed by atoms with Crippen molar-refractivity contribution in [3.05, 3.63) is 53.6 Å². The Morgan fingerprint density at radius 1 is 1.00 bits per heavy atom. The highest BCUT2D eigenvalue weighted by Crippen LogP contribution is 2.38. The predicted octanol–water partition coefficient (Wildman–Crippen LogP) is 3.37. The van der Waals surface area contributed by atoms with E-state index in [1.807, 2.05) is 0 Å². The first-order valence-corrected chi connectivity index (χ1v) is 10.1. The molecular formula is C20H23NO6S. The lowest BCUT2D eigenvalue weighted by Gasteiger charge is -2.12. The number of allylic oxidation sites excluding steroid dienone is 1. The molecule has 2 aromatic rings. The van der Waals surface area contributed by atoms with Crippen LogP contribution in [0.5, 0.6) is 17.2 Å². The maximum Gasteiger partial charge on any atom is 0.232 e. The van der Waals surface area contributed by atoms with Crippen molar-refractivity contribution in [2.75, 3.05) is 31.8 Å². The molecular weight excluding hydrogens is 382 g/mol. The zero-order chi connectivity index (χ0) is 20.7. The molecule has 1 N–H and O–H groups in total. The molecule has 0 spiro atoms. The van der Waals surface area contributed by atoms with E-state index in [4.69, 9.17) is 14.2 Å². The van der Waals surface area contributed by atoms with E-state index in [2.05, 4.69) is 4.72 Å². The first-order chi connectivity index (χ1) is 13.3. The van der Waals surface area contributed by atoms with Crippen molar-refractivity contribution in [1.29, 1.82) is 0 Å². The minimum Gasteiger partial charge on any atom is -0.493 e. The zero-order valence-corrected chi connectivity index (χ0v) is 17.0. The molecule has 0 radical (unpaired) electrons. The maximum atomic E-state index is 12.4. The highest BCUT2D eigenvalue weighted by atomic mass is 32.2. The van der Waals surface area contributed by atoms with Gasteiger partial charge in [-0.05, 0) is 55.0 Å². The predicted molar refractivity (Wildman–Crippen MR) is 109 cm³/mol. The van der Waals surface area contributed by atoms with Crippen LogP contribution in [0, 0.1) is 0 Å². The first kappa shape index (κ1) is 21.3. The molecule has 0 amide bonds. The van der Waals surface area contributed by atoms with Crippen molar-refractivity contribution in [2.24, 2.45) is 0 Å². The summed E-state index contributed by atoms with van der Waals surface area (Å²) >= 11 is 0. The second kappa shape index (κ2) is 9.27. The van der Waals surface area contributed by atoms with Crippen LogP contribution in [0.4, 0.5) is 5.69 Å². The quantitative estimate of drug-likeness (QED) is 0.508. The maximum absolute atomic E-state index is 12.4. The molecule has 0 aliphatic carbocycles. The van der Waals surface area contributed by atoms with E-state index in [0.717, 1.165) is 0 Å². The lowest BCUT2D eigenvalue weighted by molar-refractivity contribution is 0.104. The van der Waals surface area contributed by atoms with Crippen LogP contribution in [0.2, 0.25) is 0 Å². The number of methoxy groups -OCH3 is 3. The van der Waals surface area contributed by atoms with Gasteiger partial charge in [0.2, 0.25) is 15.8 Å². The zero-order valence-electron chi connectivity index (χ0n) is 16.2. The van der Waals surface area contributed by atoms with Crippen LogP contribution in [0.3, 0.4) is 0 Å². The Morgan fingerprint density at radius 2 is 1.57 bits per heavy atom. The molecule has 0 aliphatic heterocycles. The fourth-order valence-corrected chi connectivity index (χ4v) is 3.06. The molecule has 2 aromatic carbocycles. The normalized spacial score (nSPS) is 11.3. The smallest absolute Gasteiger partial charge is 0.232 e. The number of ether oxygens (including phenoxy) is 3. The average molecular weight is 405 g/mol. The van der Waals surface area contributed by atoms with E-state index in [1.165, 1.54) is 27.4 Å². The summed E-state index contributed by atoms with van der Waals surface area (Å²) in [6, 6.07) is 9.69. The number of hydrogen-bond acceptors (Lipinski definition) is 6. The molecule has 2 rings (SSSR count). The molecule has 8 heteroatoms. The first-order valence-electron chi connectivity index (χ1n) is 8.46. The molecule has 0 heterocycles. The van der Waals surface area contributed by atoms with Crippen LogP contribution in [0.1, 0.15) is 22.8 Å². The molecule has 0 unspecified atom stereocenters. The molecule has 0 aliphatic rings. The van der Waals surface area contributed by atoms with Gasteiger partial charge < -0.3 is 14.2 Å². The Hall–Kier alpha value is -3.00. The fourth-order valence-electron chi connectivity index (χ4n) is 2.42. The molecule has 28 heavy (non-hydrogen) atoms. The molecule has 0 fully saturated rings. The molecule has 0 atom stereocenters. The van der Waals surface area contributed by atoms with Crippen molar-refractivity contribution in [3.63, 3.8) is 0 Å². The molecule has 150 valence electrons. The van der Waals surface area contributed by atoms with Crippen LogP contribution in [0.25, 0.3) is 6.08 Å². The fraction of sp³-hybridized carbons (Fsp3) is 0.250. The standard InChI is InChI=1S/C20H23NO6S/c1-5-28(23,24)21-16-9-7-15(8-10-16)17(22)11-6-14-12-18(25-2)20(27-4)19(13-14)26-3/h6-13,21H,5H2,1-4H3/b11-6+. The van der Waals surface area contributed by atoms with Gasteiger partial charge in [0.05, 0.1) is 27.1 Å². The van der Waals surface area contributed by atoms with Gasteiger partial charge in [0, 0.05) is 11.3 Å². The average Bonchev–Trinajstić information content (AvgIpc) is 2.71. The van der Waals surface area contributed by atoms with Crippen LogP contribution < -0.4 is 18.9 Å². The minimum absolute atomic E-state index is 0.0226. The van der Waals surface area contributed by atoms with Crippen LogP contribution >= 0.6 is 0 Å². The van der Waals surface area contributed by atoms with Gasteiger partial charge in [-0.25, -0.2) is 8.42 Å². The second-order valence-electron chi connectivity index (χ2n) is 5.74. The van der Waals surface area contributed by atoms with Gasteiger partial charge in [0.1, 0.15) is 0 Å². The monoisotopic (exact) mass is 405 g/mol. The van der Waals surface area contributed by atoms with Crippen LogP contribution in [-0.4, -0.2) is 41.3 Å². The Labute approximate surface area is 165 Å². The van der Waals surface area contributed by atoms with E-state index < -0.39 is 10.0 Å². The molecule has 0 bridgehead atoms. The van der Waals surface area contributed by atoms with Gasteiger partial charge in [-0.3, -0.25) is 9.52 Å². The SMILES string of the molecule is CCS(=O)(=O)Nc1ccc(C(=O)/C=C/c2cc(OC)c(OC)c(OC)c2)cc1. The van der Waals surface area contributed by atoms with Crippen molar-refractivity contribution in [1.82, 2.24) is 0 Å². The van der Waals surface area contributed by atoms with Crippen LogP contribution in [0.15, 0.2) is 42.5 Å². The Bertz CT molecular complexity index is 940. The van der Waals surface area contributed by atoms with Crippen molar-refractivity contribution in [2.45, 2.75) is 6.92 Å². The van der Waals surface area contributed by atoms with Gasteiger partial charge >= 0.3 is 0 Å². The lowest BCUT2D eigenvalue weighted by Crippen LogP contribution is -2.14. The number of hydrogen-bond donors (Lipinski definition) is 1. The highest BCUT2D eigenvalue weighted by Gasteiger charge is 2.12. The summed E-state index contributed by atoms with van der Waals surface area (Å²) < 4.78 is 41.4. The summed E-state index contributed by atoms with van der Waals surface area (Å²) in [5.74, 6) is 1.20. The Kier molecular flexibility index (Phi) is 7.06. The summed E-state index contributed by atoms with van der Waals surface area (Å²) in [6.45, 7) is 1.55. The van der Waals surface area contributed by atoms with E-state index in [1.54, 1.807) is 49.4 Å². The van der Waals surface area contributed by atoms with E-state index in [0.29, 0.717) is 34.1 Å². The summed E-state index contributed by atoms with van der Waals surface area (Å²) in [5, 5.41) is 0. The molecule has 7 nitrogen and oxygen atoms in total. The summed E-state index contributed by atoms with van der Waals surface area (Å²) in [7, 11) is 1.20. The number of ketones is 1. The molecule has 0 saturated carbocycles. The van der Waals surface area contributed by atoms with Crippen molar-refractivity contribution >= 4 is 27.6 Å². The number of rotatable bonds is 9. The number of carbonyl (C=O) groups is 1. The van der Waals surface area contributed by atoms with Gasteiger partial charge in [0.15, 0.2) is 17.3 Å². The number of anilines is 1. The van der Waals surface area contributed by atoms with E-state index in [9.17, 15) is 13.2 Å². The van der Waals surface area contributed by atoms with Gasteiger partial charge in [0.25, 0.3) is 0 Å². The number of benzene rings is 2. The van der Waals surface area contributed by atoms with E-state index in [-0.39, 0.29) is 11.5 Å². The number of carbonyl (C=O) groups excluding carboxylic acids is 1. The third-order valence-electron chi connectivity index (χ3n) is 3.94. The lowest BCUT2D eigenvalue weighted by atomic mass is 10.1. The molecule has 0 saturated heterocycles. The largest absolute Gasteiger partial charge is 0.493 e. The highest BCUT2D eigenvalue weighted by molar-refractivity contribution is 7.92. The summed E-state index contributed by atoms with van der Waals surface area (Å²) in [4.78, 5) is 12.4. The van der Waals surface area contributed by atoms with Crippen molar-refractivity contribution in [3.8, 4) is 17.2 Å². The summed E-state index contributed by atoms with van der Waals surface area (Å²) in [5.41, 5.74) is 1.55. The van der Waals surface area contributed by atoms with Crippen LogP contribution in [-0.2, 0) is 10.0 Å². The molecule has 0 aromatic heterocycles. The van der Waals surface area contributed by atoms with Gasteiger partial charge in [-0.15, -0.1) is 0 Å². The summed E-state index contributed by atoms with van der Waals surface area (Å²) in [6.07, 6.45) is 3.06. The van der Waals surface area contributed by atoms with Crippen molar-refractivity contribution < 1.29 is 27.4 Å². The number of sulfonamides is 1. The Balaban J connectivity index is 2.19.